The molecule has 0 heterocycles. The fourth-order valence-electron chi connectivity index (χ4n) is 2.25. The summed E-state index contributed by atoms with van der Waals surface area (Å²) in [6, 6.07) is 12.7. The molecule has 19 heavy (non-hydrogen) atoms. The molecule has 2 rings (SSSR count). The highest BCUT2D eigenvalue weighted by Crippen LogP contribution is 2.27. The molecule has 2 aromatic rings. The van der Waals surface area contributed by atoms with Crippen LogP contribution in [0.15, 0.2) is 40.9 Å². The molecule has 0 bridgehead atoms. The average molecular weight is 320 g/mol. The number of carbonyl (C=O) groups is 1. The second-order valence-electron chi connectivity index (χ2n) is 4.77. The fourth-order valence-corrected chi connectivity index (χ4v) is 2.76. The van der Waals surface area contributed by atoms with Crippen molar-refractivity contribution in [2.24, 2.45) is 0 Å². The molecule has 3 heteroatoms. The zero-order valence-electron chi connectivity index (χ0n) is 11.2. The molecule has 0 spiro atoms. The number of nitrogens with one attached hydrogen (secondary N) is 1. The van der Waals surface area contributed by atoms with Gasteiger partial charge < -0.3 is 5.32 Å². The third-order valence-corrected chi connectivity index (χ3v) is 3.97. The van der Waals surface area contributed by atoms with Gasteiger partial charge in [0.1, 0.15) is 0 Å². The lowest BCUT2D eigenvalue weighted by atomic mass is 9.99. The molecule has 2 aromatic carbocycles. The van der Waals surface area contributed by atoms with E-state index in [1.807, 2.05) is 26.0 Å². The largest absolute Gasteiger partial charge is 0.353 e. The summed E-state index contributed by atoms with van der Waals surface area (Å²) in [4.78, 5) is 11.4. The van der Waals surface area contributed by atoms with Crippen molar-refractivity contribution in [2.75, 3.05) is 0 Å². The minimum absolute atomic E-state index is 0.101. The van der Waals surface area contributed by atoms with Crippen molar-refractivity contribution in [3.63, 3.8) is 0 Å². The first-order valence-electron chi connectivity index (χ1n) is 6.57. The van der Waals surface area contributed by atoms with Gasteiger partial charge in [-0.3, -0.25) is 4.79 Å². The van der Waals surface area contributed by atoms with Crippen molar-refractivity contribution in [2.45, 2.75) is 32.7 Å². The van der Waals surface area contributed by atoms with E-state index in [1.54, 1.807) is 0 Å². The molecule has 0 aliphatic rings. The van der Waals surface area contributed by atoms with E-state index in [4.69, 9.17) is 0 Å². The second-order valence-corrected chi connectivity index (χ2v) is 5.63. The smallest absolute Gasteiger partial charge is 0.219 e. The van der Waals surface area contributed by atoms with Gasteiger partial charge >= 0.3 is 0 Å². The number of hydrogen-bond donors (Lipinski definition) is 1. The average Bonchev–Trinajstić information content (AvgIpc) is 2.42. The van der Waals surface area contributed by atoms with Crippen molar-refractivity contribution >= 4 is 32.6 Å². The third kappa shape index (κ3) is 3.35. The van der Waals surface area contributed by atoms with Gasteiger partial charge in [-0.1, -0.05) is 53.2 Å². The first kappa shape index (κ1) is 14.1. The maximum Gasteiger partial charge on any atom is 0.219 e. The van der Waals surface area contributed by atoms with Crippen molar-refractivity contribution in [1.29, 1.82) is 0 Å². The van der Waals surface area contributed by atoms with E-state index in [0.29, 0.717) is 6.42 Å². The monoisotopic (exact) mass is 319 g/mol. The highest BCUT2D eigenvalue weighted by molar-refractivity contribution is 9.10. The van der Waals surface area contributed by atoms with Crippen LogP contribution in [-0.4, -0.2) is 11.9 Å². The van der Waals surface area contributed by atoms with Crippen LogP contribution in [0.4, 0.5) is 0 Å². The number of amides is 1. The van der Waals surface area contributed by atoms with Crippen LogP contribution < -0.4 is 5.32 Å². The van der Waals surface area contributed by atoms with E-state index in [1.165, 1.54) is 16.3 Å². The molecule has 0 aromatic heterocycles. The standard InChI is InChI=1S/C16H18BrNO/c1-3-16(19)18-11(2)10-14-13-7-5-4-6-12(13)8-9-15(14)17/h4-9,11H,3,10H2,1-2H3,(H,18,19). The fraction of sp³-hybridized carbons (Fsp3) is 0.312. The van der Waals surface area contributed by atoms with Crippen LogP contribution in [-0.2, 0) is 11.2 Å². The summed E-state index contributed by atoms with van der Waals surface area (Å²) in [6.45, 7) is 3.91. The zero-order chi connectivity index (χ0) is 13.8. The second kappa shape index (κ2) is 6.20. The van der Waals surface area contributed by atoms with E-state index in [9.17, 15) is 4.79 Å². The Morgan fingerprint density at radius 2 is 2.00 bits per heavy atom. The summed E-state index contributed by atoms with van der Waals surface area (Å²) in [7, 11) is 0. The van der Waals surface area contributed by atoms with Crippen LogP contribution in [0, 0.1) is 0 Å². The van der Waals surface area contributed by atoms with Gasteiger partial charge in [-0.15, -0.1) is 0 Å². The number of rotatable bonds is 4. The Kier molecular flexibility index (Phi) is 4.59. The summed E-state index contributed by atoms with van der Waals surface area (Å²) < 4.78 is 1.10. The summed E-state index contributed by atoms with van der Waals surface area (Å²) >= 11 is 3.62. The lowest BCUT2D eigenvalue weighted by Gasteiger charge is -2.16. The molecule has 0 aliphatic heterocycles. The lowest BCUT2D eigenvalue weighted by molar-refractivity contribution is -0.121. The molecule has 0 aliphatic carbocycles. The SMILES string of the molecule is CCC(=O)NC(C)Cc1c(Br)ccc2ccccc12. The molecular weight excluding hydrogens is 302 g/mol. The molecule has 2 nitrogen and oxygen atoms in total. The minimum atomic E-state index is 0.101. The van der Waals surface area contributed by atoms with Crippen LogP contribution in [0.1, 0.15) is 25.8 Å². The number of hydrogen-bond acceptors (Lipinski definition) is 1. The molecule has 1 N–H and O–H groups in total. The van der Waals surface area contributed by atoms with Gasteiger partial charge in [0.15, 0.2) is 0 Å². The van der Waals surface area contributed by atoms with Gasteiger partial charge in [0.2, 0.25) is 5.91 Å². The van der Waals surface area contributed by atoms with Crippen LogP contribution in [0.5, 0.6) is 0 Å². The van der Waals surface area contributed by atoms with Gasteiger partial charge in [-0.2, -0.15) is 0 Å². The molecule has 0 fully saturated rings. The van der Waals surface area contributed by atoms with Gasteiger partial charge in [0.05, 0.1) is 0 Å². The number of carbonyl (C=O) groups excluding carboxylic acids is 1. The van der Waals surface area contributed by atoms with Crippen LogP contribution in [0.25, 0.3) is 10.8 Å². The Labute approximate surface area is 122 Å². The van der Waals surface area contributed by atoms with Gasteiger partial charge in [0, 0.05) is 16.9 Å². The van der Waals surface area contributed by atoms with Gasteiger partial charge in [-0.25, -0.2) is 0 Å². The maximum atomic E-state index is 11.4. The molecule has 100 valence electrons. The van der Waals surface area contributed by atoms with Crippen molar-refractivity contribution < 1.29 is 4.79 Å². The summed E-state index contributed by atoms with van der Waals surface area (Å²) in [5.74, 6) is 0.101. The van der Waals surface area contributed by atoms with E-state index in [2.05, 4.69) is 45.5 Å². The first-order valence-corrected chi connectivity index (χ1v) is 7.36. The predicted molar refractivity (Wildman–Crippen MR) is 83.2 cm³/mol. The van der Waals surface area contributed by atoms with Crippen LogP contribution in [0.2, 0.25) is 0 Å². The third-order valence-electron chi connectivity index (χ3n) is 3.22. The summed E-state index contributed by atoms with van der Waals surface area (Å²) in [5, 5.41) is 5.49. The zero-order valence-corrected chi connectivity index (χ0v) is 12.8. The Morgan fingerprint density at radius 3 is 2.74 bits per heavy atom. The van der Waals surface area contributed by atoms with Crippen molar-refractivity contribution in [3.8, 4) is 0 Å². The van der Waals surface area contributed by atoms with Gasteiger partial charge in [0.25, 0.3) is 0 Å². The van der Waals surface area contributed by atoms with Crippen LogP contribution in [0.3, 0.4) is 0 Å². The minimum Gasteiger partial charge on any atom is -0.353 e. The molecule has 1 unspecified atom stereocenters. The molecule has 1 atom stereocenters. The molecule has 0 saturated heterocycles. The topological polar surface area (TPSA) is 29.1 Å². The molecule has 0 radical (unpaired) electrons. The maximum absolute atomic E-state index is 11.4. The Morgan fingerprint density at radius 1 is 1.26 bits per heavy atom. The summed E-state index contributed by atoms with van der Waals surface area (Å²) in [6.07, 6.45) is 1.36. The quantitative estimate of drug-likeness (QED) is 0.904. The van der Waals surface area contributed by atoms with E-state index in [-0.39, 0.29) is 11.9 Å². The molecule has 0 saturated carbocycles. The van der Waals surface area contributed by atoms with E-state index in [0.717, 1.165) is 10.9 Å². The number of fused-ring (bicyclic) bond motifs is 1. The predicted octanol–water partition coefficient (Wildman–Crippen LogP) is 4.06. The van der Waals surface area contributed by atoms with Crippen LogP contribution >= 0.6 is 15.9 Å². The molecule has 1 amide bonds. The Balaban J connectivity index is 2.29. The number of benzene rings is 2. The van der Waals surface area contributed by atoms with Crippen molar-refractivity contribution in [1.82, 2.24) is 5.32 Å². The summed E-state index contributed by atoms with van der Waals surface area (Å²) in [5.41, 5.74) is 1.25. The number of halogens is 1. The Hall–Kier alpha value is -1.35. The Bertz CT molecular complexity index is 594. The highest BCUT2D eigenvalue weighted by Gasteiger charge is 2.11. The van der Waals surface area contributed by atoms with Crippen molar-refractivity contribution in [3.05, 3.63) is 46.4 Å². The lowest BCUT2D eigenvalue weighted by Crippen LogP contribution is -2.33. The van der Waals surface area contributed by atoms with E-state index < -0.39 is 0 Å². The molecular formula is C16H18BrNO. The van der Waals surface area contributed by atoms with Gasteiger partial charge in [-0.05, 0) is 35.7 Å². The first-order chi connectivity index (χ1) is 9.11. The van der Waals surface area contributed by atoms with E-state index >= 15 is 0 Å². The highest BCUT2D eigenvalue weighted by atomic mass is 79.9. The normalized spacial score (nSPS) is 12.4.